The summed E-state index contributed by atoms with van der Waals surface area (Å²) in [6, 6.07) is 10.4. The average Bonchev–Trinajstić information content (AvgIpc) is 2.38. The molecule has 0 saturated carbocycles. The molecule has 0 amide bonds. The van der Waals surface area contributed by atoms with Crippen LogP contribution in [0.25, 0.3) is 0 Å². The molecule has 1 N–H and O–H groups in total. The van der Waals surface area contributed by atoms with Crippen LogP contribution < -0.4 is 5.32 Å². The third-order valence-electron chi connectivity index (χ3n) is 3.19. The highest BCUT2D eigenvalue weighted by Gasteiger charge is 2.40. The molecule has 0 bridgehead atoms. The first-order valence-electron chi connectivity index (χ1n) is 5.36. The minimum absolute atomic E-state index is 0.00933. The van der Waals surface area contributed by atoms with Crippen molar-refractivity contribution in [3.63, 3.8) is 0 Å². The van der Waals surface area contributed by atoms with Gasteiger partial charge in [-0.25, -0.2) is 0 Å². The minimum Gasteiger partial charge on any atom is -0.279 e. The molecule has 2 rings (SSSR count). The molecule has 2 nitrogen and oxygen atoms in total. The largest absolute Gasteiger partial charge is 0.279 e. The zero-order chi connectivity index (χ0) is 11.1. The van der Waals surface area contributed by atoms with E-state index in [0.29, 0.717) is 0 Å². The van der Waals surface area contributed by atoms with Crippen molar-refractivity contribution in [1.29, 1.82) is 0 Å². The highest BCUT2D eigenvalue weighted by atomic mass is 15.2. The fourth-order valence-corrected chi connectivity index (χ4v) is 2.10. The van der Waals surface area contributed by atoms with E-state index in [2.05, 4.69) is 57.3 Å². The van der Waals surface area contributed by atoms with Gasteiger partial charge in [-0.05, 0) is 33.3 Å². The van der Waals surface area contributed by atoms with E-state index in [9.17, 15) is 0 Å². The van der Waals surface area contributed by atoms with Crippen LogP contribution >= 0.6 is 0 Å². The van der Waals surface area contributed by atoms with Crippen molar-refractivity contribution >= 4 is 5.71 Å². The van der Waals surface area contributed by atoms with Gasteiger partial charge in [-0.2, -0.15) is 0 Å². The summed E-state index contributed by atoms with van der Waals surface area (Å²) in [5.41, 5.74) is 2.10. The Morgan fingerprint density at radius 2 is 1.67 bits per heavy atom. The van der Waals surface area contributed by atoms with Crippen LogP contribution in [0.1, 0.15) is 33.3 Å². The Morgan fingerprint density at radius 3 is 2.13 bits per heavy atom. The van der Waals surface area contributed by atoms with Crippen LogP contribution in [-0.4, -0.2) is 11.3 Å². The SMILES string of the molecule is CC1=NC(C)(c2ccccc2)NC1(C)C. The number of rotatable bonds is 1. The minimum atomic E-state index is -0.269. The topological polar surface area (TPSA) is 24.4 Å². The summed E-state index contributed by atoms with van der Waals surface area (Å²) in [7, 11) is 0. The van der Waals surface area contributed by atoms with Gasteiger partial charge < -0.3 is 0 Å². The van der Waals surface area contributed by atoms with E-state index in [1.54, 1.807) is 0 Å². The molecule has 0 aliphatic carbocycles. The molecule has 1 aromatic rings. The first-order chi connectivity index (χ1) is 6.94. The molecular formula is C13H18N2. The molecule has 15 heavy (non-hydrogen) atoms. The molecule has 0 radical (unpaired) electrons. The van der Waals surface area contributed by atoms with Gasteiger partial charge in [-0.3, -0.25) is 10.3 Å². The number of aliphatic imine (C=N–C) groups is 1. The van der Waals surface area contributed by atoms with E-state index in [-0.39, 0.29) is 11.2 Å². The van der Waals surface area contributed by atoms with Crippen LogP contribution in [-0.2, 0) is 5.66 Å². The third kappa shape index (κ3) is 1.70. The molecule has 1 aromatic carbocycles. The molecule has 0 saturated heterocycles. The zero-order valence-electron chi connectivity index (χ0n) is 9.83. The quantitative estimate of drug-likeness (QED) is 0.744. The molecule has 1 heterocycles. The molecular weight excluding hydrogens is 184 g/mol. The van der Waals surface area contributed by atoms with Crippen molar-refractivity contribution in [2.75, 3.05) is 0 Å². The summed E-state index contributed by atoms with van der Waals surface area (Å²) in [6.07, 6.45) is 0. The van der Waals surface area contributed by atoms with Gasteiger partial charge in [0, 0.05) is 5.71 Å². The first-order valence-corrected chi connectivity index (χ1v) is 5.36. The number of nitrogens with one attached hydrogen (secondary N) is 1. The number of benzene rings is 1. The van der Waals surface area contributed by atoms with Crippen molar-refractivity contribution < 1.29 is 0 Å². The molecule has 1 atom stereocenters. The van der Waals surface area contributed by atoms with E-state index >= 15 is 0 Å². The molecule has 0 spiro atoms. The van der Waals surface area contributed by atoms with Crippen molar-refractivity contribution in [2.45, 2.75) is 38.9 Å². The highest BCUT2D eigenvalue weighted by Crippen LogP contribution is 2.31. The Morgan fingerprint density at radius 1 is 1.07 bits per heavy atom. The summed E-state index contributed by atoms with van der Waals surface area (Å²) in [4.78, 5) is 4.75. The smallest absolute Gasteiger partial charge is 0.134 e. The summed E-state index contributed by atoms with van der Waals surface area (Å²) < 4.78 is 0. The predicted molar refractivity (Wildman–Crippen MR) is 64.1 cm³/mol. The second kappa shape index (κ2) is 3.17. The van der Waals surface area contributed by atoms with Crippen molar-refractivity contribution in [1.82, 2.24) is 5.32 Å². The van der Waals surface area contributed by atoms with E-state index in [4.69, 9.17) is 4.99 Å². The monoisotopic (exact) mass is 202 g/mol. The standard InChI is InChI=1S/C13H18N2/c1-10-12(2,3)15-13(4,14-10)11-8-6-5-7-9-11/h5-9,15H,1-4H3. The normalized spacial score (nSPS) is 28.9. The van der Waals surface area contributed by atoms with Crippen molar-refractivity contribution in [3.8, 4) is 0 Å². The second-order valence-corrected chi connectivity index (χ2v) is 4.89. The Kier molecular flexibility index (Phi) is 2.19. The average molecular weight is 202 g/mol. The highest BCUT2D eigenvalue weighted by molar-refractivity contribution is 5.92. The summed E-state index contributed by atoms with van der Waals surface area (Å²) >= 11 is 0. The van der Waals surface area contributed by atoms with Crippen LogP contribution in [0.4, 0.5) is 0 Å². The first kappa shape index (κ1) is 10.4. The third-order valence-corrected chi connectivity index (χ3v) is 3.19. The number of nitrogens with zero attached hydrogens (tertiary/aromatic N) is 1. The van der Waals surface area contributed by atoms with Crippen LogP contribution in [0.15, 0.2) is 35.3 Å². The molecule has 2 heteroatoms. The van der Waals surface area contributed by atoms with E-state index in [1.807, 2.05) is 6.07 Å². The Balaban J connectivity index is 2.40. The number of hydrogen-bond acceptors (Lipinski definition) is 2. The van der Waals surface area contributed by atoms with Crippen LogP contribution in [0, 0.1) is 0 Å². The Labute approximate surface area is 91.4 Å². The van der Waals surface area contributed by atoms with Crippen LogP contribution in [0.5, 0.6) is 0 Å². The van der Waals surface area contributed by atoms with Gasteiger partial charge in [0.1, 0.15) is 5.66 Å². The van der Waals surface area contributed by atoms with Gasteiger partial charge in [-0.1, -0.05) is 30.3 Å². The predicted octanol–water partition coefficient (Wildman–Crippen LogP) is 2.70. The lowest BCUT2D eigenvalue weighted by atomic mass is 9.98. The summed E-state index contributed by atoms with van der Waals surface area (Å²) in [5.74, 6) is 0. The zero-order valence-corrected chi connectivity index (χ0v) is 9.83. The van der Waals surface area contributed by atoms with Gasteiger partial charge in [0.15, 0.2) is 0 Å². The Bertz CT molecular complexity index is 392. The molecule has 80 valence electrons. The van der Waals surface area contributed by atoms with E-state index in [0.717, 1.165) is 5.71 Å². The lowest BCUT2D eigenvalue weighted by Crippen LogP contribution is -2.47. The molecule has 1 aliphatic heterocycles. The lowest BCUT2D eigenvalue weighted by molar-refractivity contribution is 0.351. The van der Waals surface area contributed by atoms with Gasteiger partial charge in [-0.15, -0.1) is 0 Å². The Hall–Kier alpha value is -1.15. The maximum Gasteiger partial charge on any atom is 0.134 e. The van der Waals surface area contributed by atoms with Gasteiger partial charge in [0.2, 0.25) is 0 Å². The second-order valence-electron chi connectivity index (χ2n) is 4.89. The summed E-state index contributed by atoms with van der Waals surface area (Å²) in [6.45, 7) is 8.54. The number of hydrogen-bond donors (Lipinski definition) is 1. The molecule has 1 unspecified atom stereocenters. The molecule has 0 fully saturated rings. The summed E-state index contributed by atoms with van der Waals surface area (Å²) in [5, 5.41) is 3.57. The fraction of sp³-hybridized carbons (Fsp3) is 0.462. The maximum atomic E-state index is 4.75. The lowest BCUT2D eigenvalue weighted by Gasteiger charge is -2.28. The van der Waals surface area contributed by atoms with Crippen molar-refractivity contribution in [2.24, 2.45) is 4.99 Å². The van der Waals surface area contributed by atoms with E-state index < -0.39 is 0 Å². The van der Waals surface area contributed by atoms with Crippen molar-refractivity contribution in [3.05, 3.63) is 35.9 Å². The van der Waals surface area contributed by atoms with Gasteiger partial charge in [0.25, 0.3) is 0 Å². The van der Waals surface area contributed by atoms with Crippen LogP contribution in [0.2, 0.25) is 0 Å². The molecule has 1 aliphatic rings. The van der Waals surface area contributed by atoms with Crippen LogP contribution in [0.3, 0.4) is 0 Å². The fourth-order valence-electron chi connectivity index (χ4n) is 2.10. The molecule has 0 aromatic heterocycles. The van der Waals surface area contributed by atoms with Gasteiger partial charge >= 0.3 is 0 Å². The van der Waals surface area contributed by atoms with Gasteiger partial charge in [0.05, 0.1) is 5.54 Å². The maximum absolute atomic E-state index is 4.75. The van der Waals surface area contributed by atoms with E-state index in [1.165, 1.54) is 5.56 Å².